The van der Waals surface area contributed by atoms with E-state index < -0.39 is 131 Å². The number of carbonyl (C=O) groups excluding carboxylic acids is 3. The molecule has 131 heavy (non-hydrogen) atoms. The number of halogens is 12. The van der Waals surface area contributed by atoms with Gasteiger partial charge >= 0.3 is 33.9 Å². The third kappa shape index (κ3) is 22.1. The van der Waals surface area contributed by atoms with E-state index in [2.05, 4.69) is 20.1 Å². The summed E-state index contributed by atoms with van der Waals surface area (Å²) in [5.41, 5.74) is -0.762. The van der Waals surface area contributed by atoms with Crippen LogP contribution >= 0.6 is 12.4 Å². The number of aromatic nitrogens is 4. The molecular formula is C91H115ClF11N13O14S. The molecule has 0 bridgehead atoms. The number of rotatable bonds is 21. The standard InChI is InChI=1S/C25H30F5N3O6S.C24H31F2N3O4.C24H31F2N3O3.C18H22F2N4O.ClH/c1-5-24(27)8-9-32(13-24)21-16(12-31-22(35)38-23(2,3)4)20-15(10-17(21)26)18(39-40(36,37)25(28,29)30)11-19(34)33(20)14-6-7-14;1-5-24(26)8-9-28(13-24)21-16(12-27-22(32)33-23(2,3)4)20-15(10-17(21)25)18(30)11-19(31)29(20)14-6-7-14;1-5-24(26)10-11-28(14-24)21-17(13-27-22(31)32-23(2,3)4)20-15(12-18(21)25)6-9-19(30)29(20)16-7-8-16;19-14-7-11-1-4-15(25)24(12-2-3-12)16(11)13(8-21)17(14)23-6-5-18(20,9-22)10-23;/h10-11,14H,5-9,12-13H2,1-4H3,(H,31,35);10-11,14,30H,5-9,12-13H2,1-4H3,(H,27,32);6,9,12,16H,5,7-8,10-11,13-14H2,1-4H3,(H,27,31);1,4,7,12H,2-3,5-6,8-10,21-22H2;1H. The summed E-state index contributed by atoms with van der Waals surface area (Å²) in [5, 5.41) is 19.3. The first-order chi connectivity index (χ1) is 60.8. The highest BCUT2D eigenvalue weighted by Crippen LogP contribution is 2.49. The number of nitrogens with zero attached hydrogens (tertiary/aromatic N) is 8. The fourth-order valence-electron chi connectivity index (χ4n) is 17.6. The van der Waals surface area contributed by atoms with Crippen molar-refractivity contribution in [3.8, 4) is 11.5 Å². The molecule has 8 aliphatic rings. The van der Waals surface area contributed by atoms with Crippen molar-refractivity contribution >= 4 is 107 Å². The summed E-state index contributed by atoms with van der Waals surface area (Å²) in [7, 11) is -6.21. The normalized spacial score (nSPS) is 21.1. The zero-order chi connectivity index (χ0) is 95.0. The van der Waals surface area contributed by atoms with Crippen molar-refractivity contribution in [2.24, 2.45) is 11.5 Å². The maximum Gasteiger partial charge on any atom is 0.534 e. The van der Waals surface area contributed by atoms with Gasteiger partial charge in [-0.05, 0) is 169 Å². The third-order valence-corrected chi connectivity index (χ3v) is 25.6. The second-order valence-electron chi connectivity index (χ2n) is 38.2. The van der Waals surface area contributed by atoms with Crippen LogP contribution in [-0.4, -0.2) is 154 Å². The van der Waals surface area contributed by atoms with Gasteiger partial charge in [0.1, 0.15) is 68.5 Å². The number of hydrogen-bond donors (Lipinski definition) is 6. The van der Waals surface area contributed by atoms with Crippen LogP contribution in [0.2, 0.25) is 0 Å². The molecule has 8 aromatic rings. The molecule has 4 aliphatic heterocycles. The van der Waals surface area contributed by atoms with Crippen molar-refractivity contribution in [1.29, 1.82) is 0 Å². The van der Waals surface area contributed by atoms with E-state index in [1.54, 1.807) is 124 Å². The number of ether oxygens (including phenoxy) is 3. The van der Waals surface area contributed by atoms with Gasteiger partial charge in [0.15, 0.2) is 5.75 Å². The summed E-state index contributed by atoms with van der Waals surface area (Å²) >= 11 is 0. The lowest BCUT2D eigenvalue weighted by Gasteiger charge is -2.27. The summed E-state index contributed by atoms with van der Waals surface area (Å²) in [6, 6.07) is 12.3. The second kappa shape index (κ2) is 37.6. The van der Waals surface area contributed by atoms with Gasteiger partial charge < -0.3 is 88.8 Å². The van der Waals surface area contributed by atoms with E-state index in [1.165, 1.54) is 39.8 Å². The summed E-state index contributed by atoms with van der Waals surface area (Å²) in [6.45, 7) is 20.9. The van der Waals surface area contributed by atoms with E-state index in [-0.39, 0.29) is 166 Å². The lowest BCUT2D eigenvalue weighted by atomic mass is 10.0. The van der Waals surface area contributed by atoms with Crippen molar-refractivity contribution in [3.63, 3.8) is 0 Å². The van der Waals surface area contributed by atoms with Gasteiger partial charge in [-0.15, -0.1) is 12.4 Å². The Hall–Kier alpha value is -10.3. The van der Waals surface area contributed by atoms with Crippen LogP contribution in [0.15, 0.2) is 79.8 Å². The fourth-order valence-corrected chi connectivity index (χ4v) is 18.1. The minimum atomic E-state index is -6.21. The fraction of sp³-hybridized carbons (Fsp3) is 0.571. The van der Waals surface area contributed by atoms with Crippen LogP contribution in [-0.2, 0) is 50.5 Å². The molecule has 3 amide bonds. The largest absolute Gasteiger partial charge is 0.534 e. The number of nitrogens with two attached hydrogens (primary N) is 2. The zero-order valence-electron chi connectivity index (χ0n) is 75.3. The maximum atomic E-state index is 15.9. The number of benzene rings is 4. The van der Waals surface area contributed by atoms with Crippen LogP contribution < -0.4 is 73.4 Å². The Labute approximate surface area is 756 Å². The Morgan fingerprint density at radius 2 is 0.740 bits per heavy atom. The van der Waals surface area contributed by atoms with E-state index in [1.807, 2.05) is 0 Å². The summed E-state index contributed by atoms with van der Waals surface area (Å²) in [6.07, 6.45) is 5.69. The Balaban J connectivity index is 0.000000159. The number of nitrogens with one attached hydrogen (secondary N) is 3. The van der Waals surface area contributed by atoms with Crippen LogP contribution in [0.4, 0.5) is 85.4 Å². The number of carbonyl (C=O) groups is 3. The van der Waals surface area contributed by atoms with Gasteiger partial charge in [0.2, 0.25) is 0 Å². The van der Waals surface area contributed by atoms with Crippen molar-refractivity contribution in [2.45, 2.75) is 275 Å². The predicted molar refractivity (Wildman–Crippen MR) is 480 cm³/mol. The molecule has 4 atom stereocenters. The molecular weight excluding hydrogens is 1780 g/mol. The summed E-state index contributed by atoms with van der Waals surface area (Å²) in [4.78, 5) is 94.8. The van der Waals surface area contributed by atoms with Gasteiger partial charge in [-0.25, -0.2) is 49.5 Å². The summed E-state index contributed by atoms with van der Waals surface area (Å²) in [5.74, 6) is -3.93. The van der Waals surface area contributed by atoms with Gasteiger partial charge in [0.05, 0.1) is 90.6 Å². The molecule has 4 aromatic heterocycles. The number of anilines is 4. The average Bonchev–Trinajstić information content (AvgIpc) is 1.72. The Morgan fingerprint density at radius 1 is 0.443 bits per heavy atom. The highest BCUT2D eigenvalue weighted by atomic mass is 35.5. The number of alkyl halides is 7. The molecule has 8 heterocycles. The quantitative estimate of drug-likeness (QED) is 0.0168. The minimum absolute atomic E-state index is 0. The number of alkyl carbamates (subject to hydrolysis) is 3. The Bertz CT molecular complexity index is 6110. The highest BCUT2D eigenvalue weighted by molar-refractivity contribution is 7.88. The first-order valence-electron chi connectivity index (χ1n) is 44.1. The Kier molecular flexibility index (Phi) is 28.7. The van der Waals surface area contributed by atoms with E-state index in [0.717, 1.165) is 50.7 Å². The number of aromatic hydroxyl groups is 1. The van der Waals surface area contributed by atoms with Crippen molar-refractivity contribution in [2.75, 3.05) is 78.5 Å². The van der Waals surface area contributed by atoms with Crippen LogP contribution in [0.3, 0.4) is 0 Å². The molecule has 4 saturated carbocycles. The summed E-state index contributed by atoms with van der Waals surface area (Å²) < 4.78 is 211. The van der Waals surface area contributed by atoms with E-state index in [4.69, 9.17) is 25.7 Å². The number of amides is 3. The van der Waals surface area contributed by atoms with Crippen LogP contribution in [0.25, 0.3) is 43.6 Å². The van der Waals surface area contributed by atoms with E-state index in [0.29, 0.717) is 108 Å². The first-order valence-corrected chi connectivity index (χ1v) is 45.5. The molecule has 0 radical (unpaired) electrons. The topological polar surface area (TPSA) is 332 Å². The lowest BCUT2D eigenvalue weighted by Crippen LogP contribution is -2.37. The van der Waals surface area contributed by atoms with Crippen molar-refractivity contribution in [1.82, 2.24) is 34.2 Å². The average molecular weight is 1890 g/mol. The van der Waals surface area contributed by atoms with Crippen molar-refractivity contribution < 1.29 is 94.6 Å². The molecule has 4 unspecified atom stereocenters. The van der Waals surface area contributed by atoms with Crippen molar-refractivity contribution in [3.05, 3.63) is 148 Å². The van der Waals surface area contributed by atoms with Crippen LogP contribution in [0.5, 0.6) is 11.5 Å². The first kappa shape index (κ1) is 99.7. The molecule has 718 valence electrons. The molecule has 4 saturated heterocycles. The molecule has 40 heteroatoms. The molecule has 27 nitrogen and oxygen atoms in total. The third-order valence-electron chi connectivity index (χ3n) is 24.6. The maximum absolute atomic E-state index is 15.9. The predicted octanol–water partition coefficient (Wildman–Crippen LogP) is 16.7. The van der Waals surface area contributed by atoms with Gasteiger partial charge in [0.25, 0.3) is 22.2 Å². The van der Waals surface area contributed by atoms with Gasteiger partial charge in [-0.3, -0.25) is 19.2 Å². The molecule has 8 N–H and O–H groups in total. The monoisotopic (exact) mass is 1890 g/mol. The zero-order valence-corrected chi connectivity index (χ0v) is 77.0. The van der Waals surface area contributed by atoms with Gasteiger partial charge in [-0.1, -0.05) is 20.8 Å². The lowest BCUT2D eigenvalue weighted by molar-refractivity contribution is -0.0499. The second-order valence-corrected chi connectivity index (χ2v) is 39.7. The molecule has 4 aromatic carbocycles. The SMILES string of the molecule is CCC1(F)CCN(c2c(F)cc3c(O)cc(=O)n(C4CC4)c3c2CNC(=O)OC(C)(C)C)C1.CCC1(F)CCN(c2c(F)cc3c(OS(=O)(=O)C(F)(F)F)cc(=O)n(C4CC4)c3c2CNC(=O)OC(C)(C)C)C1.CCC1(F)CCN(c2c(F)cc3ccc(=O)n(C4CC4)c3c2CNC(=O)OC(C)(C)C)C1.Cl.NCc1c(N2CCC(F)(CN)C2)c(F)cc2ccc(=O)n(C3CC3)c12. The molecule has 16 rings (SSSR count). The molecule has 8 fully saturated rings. The van der Waals surface area contributed by atoms with E-state index in [9.17, 15) is 69.0 Å². The molecule has 4 aliphatic carbocycles. The number of hydrogen-bond acceptors (Lipinski definition) is 20. The van der Waals surface area contributed by atoms with E-state index >= 15 is 26.3 Å². The van der Waals surface area contributed by atoms with Crippen LogP contribution in [0.1, 0.15) is 226 Å². The number of fused-ring (bicyclic) bond motifs is 4. The number of pyridine rings is 4. The smallest absolute Gasteiger partial charge is 0.507 e. The van der Waals surface area contributed by atoms with Crippen LogP contribution in [0, 0.1) is 23.3 Å². The van der Waals surface area contributed by atoms with Gasteiger partial charge in [-0.2, -0.15) is 21.6 Å². The highest BCUT2D eigenvalue weighted by Gasteiger charge is 2.50. The molecule has 0 spiro atoms. The van der Waals surface area contributed by atoms with Gasteiger partial charge in [0, 0.05) is 157 Å². The minimum Gasteiger partial charge on any atom is -0.507 e. The Morgan fingerprint density at radius 3 is 1.05 bits per heavy atom.